The van der Waals surface area contributed by atoms with Crippen molar-refractivity contribution in [2.24, 2.45) is 0 Å². The molecular formula is C19H17F4N3. The summed E-state index contributed by atoms with van der Waals surface area (Å²) in [7, 11) is 0. The number of hydrogen-bond donors (Lipinski definition) is 1. The zero-order valence-corrected chi connectivity index (χ0v) is 14.4. The van der Waals surface area contributed by atoms with Crippen molar-refractivity contribution in [2.45, 2.75) is 32.4 Å². The van der Waals surface area contributed by atoms with Crippen LogP contribution in [0.1, 0.15) is 32.0 Å². The minimum Gasteiger partial charge on any atom is -0.273 e. The van der Waals surface area contributed by atoms with Crippen LogP contribution in [0.15, 0.2) is 42.5 Å². The van der Waals surface area contributed by atoms with Gasteiger partial charge in [-0.1, -0.05) is 20.8 Å². The molecule has 0 aliphatic heterocycles. The van der Waals surface area contributed by atoms with Crippen molar-refractivity contribution in [1.82, 2.24) is 15.2 Å². The van der Waals surface area contributed by atoms with Crippen molar-refractivity contribution in [3.05, 3.63) is 59.5 Å². The third-order valence-electron chi connectivity index (χ3n) is 3.98. The van der Waals surface area contributed by atoms with Gasteiger partial charge >= 0.3 is 6.18 Å². The monoisotopic (exact) mass is 363 g/mol. The van der Waals surface area contributed by atoms with Crippen LogP contribution in [0.4, 0.5) is 17.6 Å². The fourth-order valence-corrected chi connectivity index (χ4v) is 2.46. The molecule has 0 saturated heterocycles. The number of halogens is 4. The van der Waals surface area contributed by atoms with E-state index in [9.17, 15) is 17.6 Å². The van der Waals surface area contributed by atoms with E-state index in [0.29, 0.717) is 17.0 Å². The Morgan fingerprint density at radius 3 is 2.00 bits per heavy atom. The second-order valence-electron chi connectivity index (χ2n) is 7.05. The minimum absolute atomic E-state index is 0.104. The molecule has 0 saturated carbocycles. The summed E-state index contributed by atoms with van der Waals surface area (Å²) in [4.78, 5) is 4.44. The lowest BCUT2D eigenvalue weighted by Crippen LogP contribution is -2.12. The van der Waals surface area contributed by atoms with Crippen LogP contribution in [0.3, 0.4) is 0 Å². The Hall–Kier alpha value is -2.70. The maximum atomic E-state index is 13.2. The summed E-state index contributed by atoms with van der Waals surface area (Å²) >= 11 is 0. The van der Waals surface area contributed by atoms with E-state index in [4.69, 9.17) is 0 Å². The first-order chi connectivity index (χ1) is 12.0. The van der Waals surface area contributed by atoms with Gasteiger partial charge in [-0.3, -0.25) is 5.10 Å². The summed E-state index contributed by atoms with van der Waals surface area (Å²) < 4.78 is 51.7. The summed E-state index contributed by atoms with van der Waals surface area (Å²) in [5, 5.41) is 5.76. The Morgan fingerprint density at radius 1 is 0.846 bits per heavy atom. The van der Waals surface area contributed by atoms with Crippen LogP contribution in [0.2, 0.25) is 0 Å². The Bertz CT molecular complexity index is 919. The second kappa shape index (κ2) is 6.23. The van der Waals surface area contributed by atoms with Crippen molar-refractivity contribution in [3.8, 4) is 22.6 Å². The summed E-state index contributed by atoms with van der Waals surface area (Å²) in [6.07, 6.45) is -4.51. The summed E-state index contributed by atoms with van der Waals surface area (Å²) in [5.74, 6) is -0.372. The third-order valence-corrected chi connectivity index (χ3v) is 3.98. The molecule has 0 aliphatic rings. The average Bonchev–Trinajstić information content (AvgIpc) is 3.04. The first-order valence-electron chi connectivity index (χ1n) is 7.95. The first kappa shape index (κ1) is 18.1. The van der Waals surface area contributed by atoms with Crippen LogP contribution < -0.4 is 0 Å². The van der Waals surface area contributed by atoms with Crippen LogP contribution in [0.25, 0.3) is 22.6 Å². The van der Waals surface area contributed by atoms with E-state index >= 15 is 0 Å². The molecule has 0 spiro atoms. The predicted molar refractivity (Wildman–Crippen MR) is 90.9 cm³/mol. The van der Waals surface area contributed by atoms with Crippen molar-refractivity contribution < 1.29 is 17.6 Å². The highest BCUT2D eigenvalue weighted by Crippen LogP contribution is 2.33. The van der Waals surface area contributed by atoms with E-state index in [0.717, 1.165) is 11.6 Å². The van der Waals surface area contributed by atoms with Crippen LogP contribution in [-0.2, 0) is 11.6 Å². The number of nitrogens with one attached hydrogen (secondary N) is 1. The Balaban J connectivity index is 2.14. The molecule has 0 radical (unpaired) electrons. The third kappa shape index (κ3) is 3.76. The van der Waals surface area contributed by atoms with E-state index in [1.54, 1.807) is 18.2 Å². The maximum Gasteiger partial charge on any atom is 0.432 e. The Morgan fingerprint density at radius 2 is 1.46 bits per heavy atom. The standard InChI is InChI=1S/C19H17F4N3/c1-18(2,3)12-8-14(11-4-6-13(20)7-5-11)24-15(9-12)16-10-17(26-25-16)19(21,22)23/h4-10H,1-3H3,(H,25,26). The van der Waals surface area contributed by atoms with Gasteiger partial charge in [0.05, 0.1) is 11.4 Å². The van der Waals surface area contributed by atoms with Crippen LogP contribution in [-0.4, -0.2) is 15.2 Å². The number of alkyl halides is 3. The number of aromatic nitrogens is 3. The molecule has 2 heterocycles. The number of aromatic amines is 1. The normalized spacial score (nSPS) is 12.4. The van der Waals surface area contributed by atoms with Crippen LogP contribution in [0.5, 0.6) is 0 Å². The molecule has 1 aromatic carbocycles. The lowest BCUT2D eigenvalue weighted by atomic mass is 9.86. The van der Waals surface area contributed by atoms with Gasteiger partial charge in [0.1, 0.15) is 17.2 Å². The van der Waals surface area contributed by atoms with Crippen molar-refractivity contribution in [3.63, 3.8) is 0 Å². The predicted octanol–water partition coefficient (Wildman–Crippen LogP) is 5.59. The number of H-pyrrole nitrogens is 1. The zero-order chi connectivity index (χ0) is 19.1. The van der Waals surface area contributed by atoms with Gasteiger partial charge < -0.3 is 0 Å². The lowest BCUT2D eigenvalue weighted by molar-refractivity contribution is -0.141. The molecule has 2 aromatic heterocycles. The highest BCUT2D eigenvalue weighted by molar-refractivity contribution is 5.66. The number of benzene rings is 1. The summed E-state index contributed by atoms with van der Waals surface area (Å²) in [6.45, 7) is 5.98. The number of nitrogens with zero attached hydrogens (tertiary/aromatic N) is 2. The van der Waals surface area contributed by atoms with Gasteiger partial charge in [0.25, 0.3) is 0 Å². The van der Waals surface area contributed by atoms with Crippen LogP contribution >= 0.6 is 0 Å². The summed E-state index contributed by atoms with van der Waals surface area (Å²) in [6, 6.07) is 10.3. The van der Waals surface area contributed by atoms with E-state index in [-0.39, 0.29) is 16.9 Å². The molecule has 0 fully saturated rings. The molecule has 1 N–H and O–H groups in total. The zero-order valence-electron chi connectivity index (χ0n) is 14.4. The molecule has 26 heavy (non-hydrogen) atoms. The van der Waals surface area contributed by atoms with E-state index in [2.05, 4.69) is 10.1 Å². The van der Waals surface area contributed by atoms with Crippen LogP contribution in [0, 0.1) is 5.82 Å². The van der Waals surface area contributed by atoms with Gasteiger partial charge in [-0.2, -0.15) is 18.3 Å². The average molecular weight is 363 g/mol. The molecule has 3 nitrogen and oxygen atoms in total. The topological polar surface area (TPSA) is 41.6 Å². The molecule has 136 valence electrons. The minimum atomic E-state index is -4.51. The quantitative estimate of drug-likeness (QED) is 0.603. The first-order valence-corrected chi connectivity index (χ1v) is 7.95. The lowest BCUT2D eigenvalue weighted by Gasteiger charge is -2.20. The Kier molecular flexibility index (Phi) is 4.34. The van der Waals surface area contributed by atoms with Gasteiger partial charge in [-0.05, 0) is 53.4 Å². The van der Waals surface area contributed by atoms with Crippen molar-refractivity contribution in [1.29, 1.82) is 0 Å². The molecule has 0 unspecified atom stereocenters. The SMILES string of the molecule is CC(C)(C)c1cc(-c2ccc(F)cc2)nc(-c2cc(C(F)(F)F)[nH]n2)c1. The summed E-state index contributed by atoms with van der Waals surface area (Å²) in [5.41, 5.74) is 1.34. The molecule has 0 amide bonds. The fourth-order valence-electron chi connectivity index (χ4n) is 2.46. The molecule has 0 aliphatic carbocycles. The Labute approximate surface area is 148 Å². The highest BCUT2D eigenvalue weighted by Gasteiger charge is 2.33. The van der Waals surface area contributed by atoms with Gasteiger partial charge in [-0.25, -0.2) is 9.37 Å². The van der Waals surface area contributed by atoms with Gasteiger partial charge in [0.2, 0.25) is 0 Å². The van der Waals surface area contributed by atoms with Gasteiger partial charge in [0.15, 0.2) is 0 Å². The second-order valence-corrected chi connectivity index (χ2v) is 7.05. The van der Waals surface area contributed by atoms with Crippen molar-refractivity contribution >= 4 is 0 Å². The number of rotatable bonds is 2. The molecule has 0 bridgehead atoms. The smallest absolute Gasteiger partial charge is 0.273 e. The number of hydrogen-bond acceptors (Lipinski definition) is 2. The number of pyridine rings is 1. The molecule has 7 heteroatoms. The molecule has 3 rings (SSSR count). The van der Waals surface area contributed by atoms with E-state index in [1.807, 2.05) is 31.9 Å². The molecule has 3 aromatic rings. The molecular weight excluding hydrogens is 346 g/mol. The molecule has 0 atom stereocenters. The van der Waals surface area contributed by atoms with Gasteiger partial charge in [0, 0.05) is 5.56 Å². The largest absolute Gasteiger partial charge is 0.432 e. The van der Waals surface area contributed by atoms with Crippen molar-refractivity contribution in [2.75, 3.05) is 0 Å². The highest BCUT2D eigenvalue weighted by atomic mass is 19.4. The maximum absolute atomic E-state index is 13.2. The van der Waals surface area contributed by atoms with E-state index in [1.165, 1.54) is 12.1 Å². The fraction of sp³-hybridized carbons (Fsp3) is 0.263. The van der Waals surface area contributed by atoms with E-state index < -0.39 is 11.9 Å². The van der Waals surface area contributed by atoms with Gasteiger partial charge in [-0.15, -0.1) is 0 Å².